The van der Waals surface area contributed by atoms with Gasteiger partial charge in [0, 0.05) is 0 Å². The van der Waals surface area contributed by atoms with E-state index in [1.807, 2.05) is 0 Å². The van der Waals surface area contributed by atoms with Gasteiger partial charge in [0.15, 0.2) is 0 Å². The van der Waals surface area contributed by atoms with Crippen LogP contribution in [0.5, 0.6) is 0 Å². The second-order valence-corrected chi connectivity index (χ2v) is 11.4. The van der Waals surface area contributed by atoms with Crippen molar-refractivity contribution in [2.24, 2.45) is 47.3 Å². The molecule has 1 heteroatoms. The van der Waals surface area contributed by atoms with E-state index >= 15 is 0 Å². The summed E-state index contributed by atoms with van der Waals surface area (Å²) < 4.78 is 12.9. The molecule has 3 fully saturated rings. The predicted molar refractivity (Wildman–Crippen MR) is 118 cm³/mol. The highest BCUT2D eigenvalue weighted by atomic mass is 19.1. The van der Waals surface area contributed by atoms with E-state index in [4.69, 9.17) is 0 Å². The first-order valence-electron chi connectivity index (χ1n) is 12.9. The minimum absolute atomic E-state index is 0.0865. The van der Waals surface area contributed by atoms with E-state index in [1.165, 1.54) is 77.0 Å². The molecule has 2 atom stereocenters. The average Bonchev–Trinajstić information content (AvgIpc) is 2.74. The fraction of sp³-hybridized carbons (Fsp3) is 0.926. The van der Waals surface area contributed by atoms with Crippen LogP contribution in [-0.2, 0) is 0 Å². The third kappa shape index (κ3) is 4.86. The molecule has 3 saturated carbocycles. The Hall–Kier alpha value is -0.330. The lowest BCUT2D eigenvalue weighted by atomic mass is 9.64. The van der Waals surface area contributed by atoms with Crippen LogP contribution >= 0.6 is 0 Å². The summed E-state index contributed by atoms with van der Waals surface area (Å²) in [5.41, 5.74) is 1.70. The van der Waals surface area contributed by atoms with Crippen molar-refractivity contribution in [3.05, 3.63) is 11.6 Å². The van der Waals surface area contributed by atoms with Gasteiger partial charge in [0.25, 0.3) is 0 Å². The van der Waals surface area contributed by atoms with Gasteiger partial charge in [-0.25, -0.2) is 0 Å². The molecule has 0 bridgehead atoms. The van der Waals surface area contributed by atoms with Crippen molar-refractivity contribution in [2.75, 3.05) is 6.67 Å². The van der Waals surface area contributed by atoms with Gasteiger partial charge in [-0.2, -0.15) is 0 Å². The van der Waals surface area contributed by atoms with Crippen LogP contribution in [0.2, 0.25) is 0 Å². The Balaban J connectivity index is 1.26. The Kier molecular flexibility index (Phi) is 7.21. The minimum atomic E-state index is -0.0865. The van der Waals surface area contributed by atoms with Crippen LogP contribution in [0.1, 0.15) is 104 Å². The number of hydrogen-bond donors (Lipinski definition) is 0. The van der Waals surface area contributed by atoms with E-state index in [2.05, 4.69) is 19.9 Å². The van der Waals surface area contributed by atoms with Crippen molar-refractivity contribution in [3.8, 4) is 0 Å². The molecule has 0 spiro atoms. The Labute approximate surface area is 174 Å². The SMILES string of the molecule is CC1=CC(C2CCC(C3CCC(C)CC3)CC2)CCC1C1CCC(CF)CC1. The number of allylic oxidation sites excluding steroid dienone is 2. The van der Waals surface area contributed by atoms with E-state index in [0.29, 0.717) is 5.92 Å². The summed E-state index contributed by atoms with van der Waals surface area (Å²) in [5, 5.41) is 0. The fourth-order valence-electron chi connectivity index (χ4n) is 7.67. The summed E-state index contributed by atoms with van der Waals surface area (Å²) >= 11 is 0. The zero-order valence-electron chi connectivity index (χ0n) is 18.7. The van der Waals surface area contributed by atoms with Gasteiger partial charge in [-0.15, -0.1) is 0 Å². The van der Waals surface area contributed by atoms with Gasteiger partial charge in [0.1, 0.15) is 0 Å². The molecule has 0 radical (unpaired) electrons. The van der Waals surface area contributed by atoms with Gasteiger partial charge in [-0.3, -0.25) is 4.39 Å². The van der Waals surface area contributed by atoms with Gasteiger partial charge in [0.05, 0.1) is 6.67 Å². The van der Waals surface area contributed by atoms with Crippen LogP contribution in [-0.4, -0.2) is 6.67 Å². The molecule has 4 rings (SSSR count). The lowest BCUT2D eigenvalue weighted by molar-refractivity contribution is 0.126. The van der Waals surface area contributed by atoms with E-state index in [9.17, 15) is 4.39 Å². The highest BCUT2D eigenvalue weighted by Crippen LogP contribution is 2.47. The normalized spacial score (nSPS) is 45.5. The van der Waals surface area contributed by atoms with Crippen LogP contribution in [0, 0.1) is 47.3 Å². The van der Waals surface area contributed by atoms with Crippen molar-refractivity contribution < 1.29 is 4.39 Å². The molecule has 160 valence electrons. The molecule has 0 aromatic heterocycles. The van der Waals surface area contributed by atoms with Crippen molar-refractivity contribution >= 4 is 0 Å². The number of hydrogen-bond acceptors (Lipinski definition) is 0. The summed E-state index contributed by atoms with van der Waals surface area (Å²) in [4.78, 5) is 0. The molecule has 2 unspecified atom stereocenters. The second kappa shape index (κ2) is 9.65. The van der Waals surface area contributed by atoms with Gasteiger partial charge >= 0.3 is 0 Å². The van der Waals surface area contributed by atoms with Crippen LogP contribution in [0.25, 0.3) is 0 Å². The van der Waals surface area contributed by atoms with Gasteiger partial charge in [-0.05, 0) is 131 Å². The molecule has 28 heavy (non-hydrogen) atoms. The smallest absolute Gasteiger partial charge is 0.0922 e. The predicted octanol–water partition coefficient (Wildman–Crippen LogP) is 8.37. The topological polar surface area (TPSA) is 0 Å². The highest BCUT2D eigenvalue weighted by molar-refractivity contribution is 5.12. The fourth-order valence-corrected chi connectivity index (χ4v) is 7.67. The molecule has 4 aliphatic carbocycles. The summed E-state index contributed by atoms with van der Waals surface area (Å²) in [6.07, 6.45) is 22.4. The van der Waals surface area contributed by atoms with Gasteiger partial charge in [0.2, 0.25) is 0 Å². The first-order chi connectivity index (χ1) is 13.6. The Morgan fingerprint density at radius 2 is 1.21 bits per heavy atom. The number of halogens is 1. The van der Waals surface area contributed by atoms with Crippen molar-refractivity contribution in [2.45, 2.75) is 104 Å². The number of alkyl halides is 1. The Bertz CT molecular complexity index is 498. The summed E-state index contributed by atoms with van der Waals surface area (Å²) in [7, 11) is 0. The quantitative estimate of drug-likeness (QED) is 0.424. The molecule has 0 N–H and O–H groups in total. The third-order valence-electron chi connectivity index (χ3n) is 9.70. The first kappa shape index (κ1) is 20.9. The zero-order valence-corrected chi connectivity index (χ0v) is 18.7. The van der Waals surface area contributed by atoms with E-state index in [-0.39, 0.29) is 6.67 Å². The largest absolute Gasteiger partial charge is 0.251 e. The summed E-state index contributed by atoms with van der Waals surface area (Å²) in [5.74, 6) is 6.98. The van der Waals surface area contributed by atoms with Gasteiger partial charge < -0.3 is 0 Å². The monoisotopic (exact) mass is 388 g/mol. The average molecular weight is 389 g/mol. The highest BCUT2D eigenvalue weighted by Gasteiger charge is 2.36. The molecule has 0 aromatic carbocycles. The molecule has 0 aromatic rings. The van der Waals surface area contributed by atoms with Crippen LogP contribution in [0.4, 0.5) is 4.39 Å². The van der Waals surface area contributed by atoms with Gasteiger partial charge in [-0.1, -0.05) is 31.4 Å². The number of rotatable bonds is 4. The molecule has 0 heterocycles. The maximum atomic E-state index is 12.9. The molecule has 4 aliphatic rings. The summed E-state index contributed by atoms with van der Waals surface area (Å²) in [6.45, 7) is 4.79. The van der Waals surface area contributed by atoms with E-state index in [0.717, 1.165) is 54.3 Å². The van der Waals surface area contributed by atoms with Crippen molar-refractivity contribution in [1.29, 1.82) is 0 Å². The lowest BCUT2D eigenvalue weighted by Gasteiger charge is -2.42. The molecule has 0 amide bonds. The standard InChI is InChI=1S/C27H45F/c1-19-3-7-22(8-4-19)23-11-13-24(14-12-23)26-15-16-27(20(2)17-26)25-9-5-21(18-28)6-10-25/h17,19,21-27H,3-16,18H2,1-2H3. The zero-order chi connectivity index (χ0) is 19.5. The third-order valence-corrected chi connectivity index (χ3v) is 9.70. The lowest BCUT2D eigenvalue weighted by Crippen LogP contribution is -2.30. The van der Waals surface area contributed by atoms with Crippen molar-refractivity contribution in [1.82, 2.24) is 0 Å². The van der Waals surface area contributed by atoms with E-state index in [1.54, 1.807) is 5.57 Å². The minimum Gasteiger partial charge on any atom is -0.251 e. The molecule has 0 nitrogen and oxygen atoms in total. The summed E-state index contributed by atoms with van der Waals surface area (Å²) in [6, 6.07) is 0. The maximum absolute atomic E-state index is 12.9. The molecule has 0 saturated heterocycles. The Morgan fingerprint density at radius 3 is 1.79 bits per heavy atom. The molecule has 0 aliphatic heterocycles. The second-order valence-electron chi connectivity index (χ2n) is 11.4. The maximum Gasteiger partial charge on any atom is 0.0922 e. The molecular weight excluding hydrogens is 343 g/mol. The van der Waals surface area contributed by atoms with Crippen molar-refractivity contribution in [3.63, 3.8) is 0 Å². The molecular formula is C27H45F. The Morgan fingerprint density at radius 1 is 0.679 bits per heavy atom. The van der Waals surface area contributed by atoms with Crippen LogP contribution in [0.15, 0.2) is 11.6 Å². The van der Waals surface area contributed by atoms with E-state index < -0.39 is 0 Å². The van der Waals surface area contributed by atoms with Crippen LogP contribution in [0.3, 0.4) is 0 Å². The first-order valence-corrected chi connectivity index (χ1v) is 12.9. The van der Waals surface area contributed by atoms with Crippen LogP contribution < -0.4 is 0 Å².